The first-order valence-electron chi connectivity index (χ1n) is 6.34. The summed E-state index contributed by atoms with van der Waals surface area (Å²) >= 11 is 8.36. The van der Waals surface area contributed by atoms with E-state index >= 15 is 0 Å². The van der Waals surface area contributed by atoms with Crippen LogP contribution in [-0.2, 0) is 10.2 Å². The van der Waals surface area contributed by atoms with Crippen molar-refractivity contribution in [1.29, 1.82) is 0 Å². The summed E-state index contributed by atoms with van der Waals surface area (Å²) in [5.41, 5.74) is 0.215. The Kier molecular flexibility index (Phi) is 4.17. The lowest BCUT2D eigenvalue weighted by atomic mass is 9.95. The first-order chi connectivity index (χ1) is 7.98. The fraction of sp³-hybridized carbons (Fsp3) is 0.714. The molecule has 2 unspecified atom stereocenters. The zero-order chi connectivity index (χ0) is 12.5. The topological polar surface area (TPSA) is 9.23 Å². The van der Waals surface area contributed by atoms with Gasteiger partial charge in [0.15, 0.2) is 0 Å². The molecule has 2 atom stereocenters. The van der Waals surface area contributed by atoms with Gasteiger partial charge in [-0.3, -0.25) is 0 Å². The molecule has 0 radical (unpaired) electrons. The lowest BCUT2D eigenvalue weighted by molar-refractivity contribution is 0.0141. The highest BCUT2D eigenvalue weighted by Crippen LogP contribution is 2.38. The number of hydrogen-bond donors (Lipinski definition) is 0. The predicted molar refractivity (Wildman–Crippen MR) is 75.2 cm³/mol. The van der Waals surface area contributed by atoms with Crippen molar-refractivity contribution in [2.24, 2.45) is 0 Å². The van der Waals surface area contributed by atoms with Crippen LogP contribution in [0.1, 0.15) is 55.2 Å². The smallest absolute Gasteiger partial charge is 0.0939 e. The van der Waals surface area contributed by atoms with E-state index in [4.69, 9.17) is 16.3 Å². The van der Waals surface area contributed by atoms with Crippen LogP contribution in [0.25, 0.3) is 0 Å². The van der Waals surface area contributed by atoms with Crippen LogP contribution in [0, 0.1) is 0 Å². The molecule has 1 nitrogen and oxygen atoms in total. The number of rotatable bonds is 2. The summed E-state index contributed by atoms with van der Waals surface area (Å²) in [7, 11) is 0. The standard InChI is InChI=1S/C14H21ClOS/c1-14(2,3)12-8-7-11(17-12)13(15)10-6-4-5-9-16-10/h7-8,10,13H,4-6,9H2,1-3H3. The highest BCUT2D eigenvalue weighted by atomic mass is 35.5. The van der Waals surface area contributed by atoms with Crippen LogP contribution in [0.15, 0.2) is 12.1 Å². The van der Waals surface area contributed by atoms with E-state index in [1.807, 2.05) is 11.3 Å². The Balaban J connectivity index is 2.08. The van der Waals surface area contributed by atoms with Crippen molar-refractivity contribution in [1.82, 2.24) is 0 Å². The zero-order valence-corrected chi connectivity index (χ0v) is 12.4. The third-order valence-electron chi connectivity index (χ3n) is 3.18. The van der Waals surface area contributed by atoms with Crippen LogP contribution in [-0.4, -0.2) is 12.7 Å². The summed E-state index contributed by atoms with van der Waals surface area (Å²) in [6.45, 7) is 7.58. The van der Waals surface area contributed by atoms with Gasteiger partial charge in [0.25, 0.3) is 0 Å². The summed E-state index contributed by atoms with van der Waals surface area (Å²) < 4.78 is 5.76. The minimum absolute atomic E-state index is 0.0244. The summed E-state index contributed by atoms with van der Waals surface area (Å²) in [6.07, 6.45) is 3.72. The molecule has 1 aromatic rings. The van der Waals surface area contributed by atoms with E-state index in [-0.39, 0.29) is 16.9 Å². The Hall–Kier alpha value is -0.0500. The van der Waals surface area contributed by atoms with E-state index in [0.29, 0.717) is 0 Å². The Labute approximate surface area is 113 Å². The molecule has 0 amide bonds. The maximum Gasteiger partial charge on any atom is 0.0939 e. The minimum atomic E-state index is 0.0244. The van der Waals surface area contributed by atoms with Gasteiger partial charge < -0.3 is 4.74 Å². The average molecular weight is 273 g/mol. The van der Waals surface area contributed by atoms with E-state index in [9.17, 15) is 0 Å². The number of ether oxygens (including phenoxy) is 1. The van der Waals surface area contributed by atoms with Gasteiger partial charge in [-0.05, 0) is 36.8 Å². The molecule has 1 fully saturated rings. The molecule has 0 spiro atoms. The normalized spacial score (nSPS) is 23.6. The van der Waals surface area contributed by atoms with Gasteiger partial charge in [-0.15, -0.1) is 22.9 Å². The van der Waals surface area contributed by atoms with E-state index in [0.717, 1.165) is 13.0 Å². The second kappa shape index (κ2) is 5.29. The van der Waals surface area contributed by atoms with Crippen LogP contribution >= 0.6 is 22.9 Å². The quantitative estimate of drug-likeness (QED) is 0.696. The maximum atomic E-state index is 6.53. The molecular formula is C14H21ClOS. The Morgan fingerprint density at radius 3 is 2.65 bits per heavy atom. The summed E-state index contributed by atoms with van der Waals surface area (Å²) in [6, 6.07) is 4.37. The van der Waals surface area contributed by atoms with Crippen molar-refractivity contribution in [2.75, 3.05) is 6.61 Å². The number of hydrogen-bond acceptors (Lipinski definition) is 2. The second-order valence-corrected chi connectivity index (χ2v) is 7.34. The molecule has 0 bridgehead atoms. The second-order valence-electron chi connectivity index (χ2n) is 5.76. The SMILES string of the molecule is CC(C)(C)c1ccc(C(Cl)C2CCCCO2)s1. The van der Waals surface area contributed by atoms with Gasteiger partial charge >= 0.3 is 0 Å². The van der Waals surface area contributed by atoms with Crippen molar-refractivity contribution in [3.8, 4) is 0 Å². The van der Waals surface area contributed by atoms with Crippen LogP contribution < -0.4 is 0 Å². The van der Waals surface area contributed by atoms with Crippen molar-refractivity contribution in [3.63, 3.8) is 0 Å². The van der Waals surface area contributed by atoms with E-state index in [1.54, 1.807) is 0 Å². The summed E-state index contributed by atoms with van der Waals surface area (Å²) in [5, 5.41) is 0.0244. The molecule has 0 saturated carbocycles. The molecule has 2 rings (SSSR count). The van der Waals surface area contributed by atoms with Crippen molar-refractivity contribution in [3.05, 3.63) is 21.9 Å². The van der Waals surface area contributed by atoms with Crippen LogP contribution in [0.3, 0.4) is 0 Å². The summed E-state index contributed by atoms with van der Waals surface area (Å²) in [4.78, 5) is 2.65. The molecule has 96 valence electrons. The average Bonchev–Trinajstić information content (AvgIpc) is 2.78. The van der Waals surface area contributed by atoms with E-state index in [1.165, 1.54) is 22.6 Å². The highest BCUT2D eigenvalue weighted by molar-refractivity contribution is 7.12. The fourth-order valence-corrected chi connectivity index (χ4v) is 3.59. The van der Waals surface area contributed by atoms with Crippen LogP contribution in [0.2, 0.25) is 0 Å². The Morgan fingerprint density at radius 2 is 2.12 bits per heavy atom. The first-order valence-corrected chi connectivity index (χ1v) is 7.59. The number of alkyl halides is 1. The molecular weight excluding hydrogens is 252 g/mol. The first kappa shape index (κ1) is 13.4. The zero-order valence-electron chi connectivity index (χ0n) is 10.8. The molecule has 0 N–H and O–H groups in total. The van der Waals surface area contributed by atoms with Gasteiger partial charge in [-0.2, -0.15) is 0 Å². The van der Waals surface area contributed by atoms with E-state index < -0.39 is 0 Å². The molecule has 0 aliphatic carbocycles. The Bertz CT molecular complexity index is 361. The third kappa shape index (κ3) is 3.24. The molecule has 3 heteroatoms. The van der Waals surface area contributed by atoms with Crippen molar-refractivity contribution < 1.29 is 4.74 Å². The predicted octanol–water partition coefficient (Wildman–Crippen LogP) is 4.89. The largest absolute Gasteiger partial charge is 0.376 e. The molecule has 1 saturated heterocycles. The van der Waals surface area contributed by atoms with Gasteiger partial charge in [0.2, 0.25) is 0 Å². The Morgan fingerprint density at radius 1 is 1.35 bits per heavy atom. The van der Waals surface area contributed by atoms with Gasteiger partial charge in [-0.25, -0.2) is 0 Å². The monoisotopic (exact) mass is 272 g/mol. The molecule has 2 heterocycles. The van der Waals surface area contributed by atoms with Gasteiger partial charge in [0, 0.05) is 16.4 Å². The fourth-order valence-electron chi connectivity index (χ4n) is 2.08. The van der Waals surface area contributed by atoms with E-state index in [2.05, 4.69) is 32.9 Å². The van der Waals surface area contributed by atoms with Gasteiger partial charge in [0.05, 0.1) is 11.5 Å². The number of thiophene rings is 1. The molecule has 1 aliphatic rings. The highest BCUT2D eigenvalue weighted by Gasteiger charge is 2.26. The third-order valence-corrected chi connectivity index (χ3v) is 5.42. The van der Waals surface area contributed by atoms with Crippen molar-refractivity contribution in [2.45, 2.75) is 56.9 Å². The number of halogens is 1. The minimum Gasteiger partial charge on any atom is -0.376 e. The van der Waals surface area contributed by atoms with Gasteiger partial charge in [0.1, 0.15) is 0 Å². The maximum absolute atomic E-state index is 6.53. The van der Waals surface area contributed by atoms with Gasteiger partial charge in [-0.1, -0.05) is 20.8 Å². The summed E-state index contributed by atoms with van der Waals surface area (Å²) in [5.74, 6) is 0. The van der Waals surface area contributed by atoms with Crippen LogP contribution in [0.4, 0.5) is 0 Å². The molecule has 1 aliphatic heterocycles. The molecule has 17 heavy (non-hydrogen) atoms. The van der Waals surface area contributed by atoms with Crippen molar-refractivity contribution >= 4 is 22.9 Å². The molecule has 0 aromatic carbocycles. The van der Waals surface area contributed by atoms with Crippen LogP contribution in [0.5, 0.6) is 0 Å². The lowest BCUT2D eigenvalue weighted by Crippen LogP contribution is -2.23. The lowest BCUT2D eigenvalue weighted by Gasteiger charge is -2.26. The molecule has 1 aromatic heterocycles.